The highest BCUT2D eigenvalue weighted by Gasteiger charge is 2.32. The third-order valence-electron chi connectivity index (χ3n) is 4.16. The second-order valence-electron chi connectivity index (χ2n) is 6.31. The minimum atomic E-state index is -3.13. The van der Waals surface area contributed by atoms with Crippen molar-refractivity contribution in [2.75, 3.05) is 19.0 Å². The molecule has 0 radical (unpaired) electrons. The van der Waals surface area contributed by atoms with Crippen LogP contribution in [0.2, 0.25) is 0 Å². The number of sulfone groups is 1. The van der Waals surface area contributed by atoms with E-state index in [2.05, 4.69) is 19.2 Å². The third kappa shape index (κ3) is 4.05. The summed E-state index contributed by atoms with van der Waals surface area (Å²) in [5.41, 5.74) is 1.11. The Morgan fingerprint density at radius 1 is 1.38 bits per heavy atom. The highest BCUT2D eigenvalue weighted by atomic mass is 32.2. The van der Waals surface area contributed by atoms with Gasteiger partial charge in [-0.1, -0.05) is 32.9 Å². The molecule has 21 heavy (non-hydrogen) atoms. The van der Waals surface area contributed by atoms with Gasteiger partial charge in [0.2, 0.25) is 0 Å². The monoisotopic (exact) mass is 311 g/mol. The van der Waals surface area contributed by atoms with Gasteiger partial charge in [0.15, 0.2) is 9.84 Å². The Bertz CT molecular complexity index is 581. The first kappa shape index (κ1) is 16.5. The molecule has 0 amide bonds. The molecule has 4 nitrogen and oxygen atoms in total. The van der Waals surface area contributed by atoms with Crippen LogP contribution >= 0.6 is 0 Å². The molecule has 1 aromatic rings. The van der Waals surface area contributed by atoms with Crippen molar-refractivity contribution >= 4 is 9.84 Å². The van der Waals surface area contributed by atoms with Crippen molar-refractivity contribution in [2.45, 2.75) is 44.7 Å². The molecule has 1 saturated heterocycles. The quantitative estimate of drug-likeness (QED) is 0.907. The van der Waals surface area contributed by atoms with Gasteiger partial charge in [-0.2, -0.15) is 0 Å². The molecule has 1 aromatic carbocycles. The van der Waals surface area contributed by atoms with Gasteiger partial charge in [-0.3, -0.25) is 0 Å². The summed E-state index contributed by atoms with van der Waals surface area (Å²) in [5, 5.41) is 3.55. The Morgan fingerprint density at radius 3 is 2.81 bits per heavy atom. The summed E-state index contributed by atoms with van der Waals surface area (Å²) < 4.78 is 29.4. The second kappa shape index (κ2) is 6.46. The Hall–Kier alpha value is -0.910. The summed E-state index contributed by atoms with van der Waals surface area (Å²) in [6.07, 6.45) is 0.986. The molecule has 0 aromatic heterocycles. The molecule has 1 heterocycles. The van der Waals surface area contributed by atoms with Crippen molar-refractivity contribution in [1.82, 2.24) is 5.32 Å². The van der Waals surface area contributed by atoms with Crippen molar-refractivity contribution in [2.24, 2.45) is 5.41 Å². The molecular formula is C16H25NO3S. The molecule has 1 fully saturated rings. The first-order valence-electron chi connectivity index (χ1n) is 7.48. The van der Waals surface area contributed by atoms with E-state index in [1.54, 1.807) is 19.1 Å². The minimum Gasteiger partial charge on any atom is -0.381 e. The second-order valence-corrected chi connectivity index (χ2v) is 8.59. The Labute approximate surface area is 127 Å². The van der Waals surface area contributed by atoms with Gasteiger partial charge >= 0.3 is 0 Å². The summed E-state index contributed by atoms with van der Waals surface area (Å²) in [6.45, 7) is 8.29. The summed E-state index contributed by atoms with van der Waals surface area (Å²) in [7, 11) is -3.13. The fraction of sp³-hybridized carbons (Fsp3) is 0.625. The molecule has 0 bridgehead atoms. The summed E-state index contributed by atoms with van der Waals surface area (Å²) in [6, 6.07) is 7.61. The number of nitrogens with one attached hydrogen (secondary N) is 1. The normalized spacial score (nSPS) is 22.1. The van der Waals surface area contributed by atoms with Crippen LogP contribution in [0.25, 0.3) is 0 Å². The van der Waals surface area contributed by atoms with Crippen LogP contribution in [-0.4, -0.2) is 33.4 Å². The van der Waals surface area contributed by atoms with E-state index in [-0.39, 0.29) is 11.2 Å². The first-order chi connectivity index (χ1) is 9.85. The smallest absolute Gasteiger partial charge is 0.178 e. The molecule has 118 valence electrons. The fourth-order valence-electron chi connectivity index (χ4n) is 2.66. The van der Waals surface area contributed by atoms with Crippen molar-refractivity contribution in [1.29, 1.82) is 0 Å². The molecule has 5 heteroatoms. The average molecular weight is 311 g/mol. The SMILES string of the molecule is CCS(=O)(=O)c1cccc(CNC2CCOCC2(C)C)c1. The molecular weight excluding hydrogens is 286 g/mol. The van der Waals surface area contributed by atoms with Crippen LogP contribution in [0.3, 0.4) is 0 Å². The van der Waals surface area contributed by atoms with Crippen LogP contribution in [-0.2, 0) is 21.1 Å². The van der Waals surface area contributed by atoms with Crippen LogP contribution in [0.4, 0.5) is 0 Å². The van der Waals surface area contributed by atoms with Crippen LogP contribution in [0.5, 0.6) is 0 Å². The van der Waals surface area contributed by atoms with Gasteiger partial charge in [0, 0.05) is 24.6 Å². The van der Waals surface area contributed by atoms with Crippen LogP contribution in [0.15, 0.2) is 29.2 Å². The van der Waals surface area contributed by atoms with Gasteiger partial charge in [-0.25, -0.2) is 8.42 Å². The topological polar surface area (TPSA) is 55.4 Å². The molecule has 2 rings (SSSR count). The summed E-state index contributed by atoms with van der Waals surface area (Å²) >= 11 is 0. The highest BCUT2D eigenvalue weighted by molar-refractivity contribution is 7.91. The Kier molecular flexibility index (Phi) is 5.07. The lowest BCUT2D eigenvalue weighted by atomic mass is 9.82. The largest absolute Gasteiger partial charge is 0.381 e. The van der Waals surface area contributed by atoms with Gasteiger partial charge in [-0.15, -0.1) is 0 Å². The zero-order chi connectivity index (χ0) is 15.5. The molecule has 0 aliphatic carbocycles. The standard InChI is InChI=1S/C16H25NO3S/c1-4-21(18,19)14-7-5-6-13(10-14)11-17-15-8-9-20-12-16(15,2)3/h5-7,10,15,17H,4,8-9,11-12H2,1-3H3. The number of hydrogen-bond donors (Lipinski definition) is 1. The molecule has 1 N–H and O–H groups in total. The maximum Gasteiger partial charge on any atom is 0.178 e. The van der Waals surface area contributed by atoms with E-state index >= 15 is 0 Å². The minimum absolute atomic E-state index is 0.103. The van der Waals surface area contributed by atoms with Crippen molar-refractivity contribution in [3.63, 3.8) is 0 Å². The lowest BCUT2D eigenvalue weighted by Crippen LogP contribution is -2.48. The zero-order valence-corrected chi connectivity index (χ0v) is 13.9. The fourth-order valence-corrected chi connectivity index (χ4v) is 3.61. The Balaban J connectivity index is 2.05. The van der Waals surface area contributed by atoms with Crippen molar-refractivity contribution in [3.05, 3.63) is 29.8 Å². The van der Waals surface area contributed by atoms with Gasteiger partial charge in [0.25, 0.3) is 0 Å². The van der Waals surface area contributed by atoms with E-state index in [0.29, 0.717) is 17.5 Å². The average Bonchev–Trinajstić information content (AvgIpc) is 2.46. The number of rotatable bonds is 5. The van der Waals surface area contributed by atoms with Gasteiger partial charge in [-0.05, 0) is 24.1 Å². The molecule has 0 spiro atoms. The summed E-state index contributed by atoms with van der Waals surface area (Å²) in [4.78, 5) is 0.413. The zero-order valence-electron chi connectivity index (χ0n) is 13.1. The highest BCUT2D eigenvalue weighted by Crippen LogP contribution is 2.27. The molecule has 1 unspecified atom stereocenters. The van der Waals surface area contributed by atoms with E-state index in [4.69, 9.17) is 4.74 Å². The molecule has 1 atom stereocenters. The first-order valence-corrected chi connectivity index (χ1v) is 9.13. The van der Waals surface area contributed by atoms with E-state index in [1.165, 1.54) is 0 Å². The summed E-state index contributed by atoms with van der Waals surface area (Å²) in [5.74, 6) is 0.136. The van der Waals surface area contributed by atoms with Gasteiger partial charge in [0.1, 0.15) is 0 Å². The Morgan fingerprint density at radius 2 is 2.14 bits per heavy atom. The molecule has 0 saturated carbocycles. The lowest BCUT2D eigenvalue weighted by molar-refractivity contribution is -0.0135. The van der Waals surface area contributed by atoms with E-state index in [0.717, 1.165) is 25.2 Å². The van der Waals surface area contributed by atoms with E-state index in [9.17, 15) is 8.42 Å². The van der Waals surface area contributed by atoms with Crippen molar-refractivity contribution < 1.29 is 13.2 Å². The van der Waals surface area contributed by atoms with E-state index in [1.807, 2.05) is 12.1 Å². The molecule has 1 aliphatic rings. The van der Waals surface area contributed by atoms with Crippen LogP contribution < -0.4 is 5.32 Å². The predicted octanol–water partition coefficient (Wildman–Crippen LogP) is 2.38. The molecule has 1 aliphatic heterocycles. The third-order valence-corrected chi connectivity index (χ3v) is 5.89. The van der Waals surface area contributed by atoms with Crippen LogP contribution in [0, 0.1) is 5.41 Å². The van der Waals surface area contributed by atoms with Gasteiger partial charge in [0.05, 0.1) is 17.3 Å². The number of hydrogen-bond acceptors (Lipinski definition) is 4. The maximum absolute atomic E-state index is 11.9. The lowest BCUT2D eigenvalue weighted by Gasteiger charge is -2.39. The predicted molar refractivity (Wildman–Crippen MR) is 84.0 cm³/mol. The maximum atomic E-state index is 11.9. The number of benzene rings is 1. The van der Waals surface area contributed by atoms with Crippen LogP contribution in [0.1, 0.15) is 32.8 Å². The van der Waals surface area contributed by atoms with Gasteiger partial charge < -0.3 is 10.1 Å². The number of ether oxygens (including phenoxy) is 1. The van der Waals surface area contributed by atoms with Crippen molar-refractivity contribution in [3.8, 4) is 0 Å². The van der Waals surface area contributed by atoms with E-state index < -0.39 is 9.84 Å².